The number of rotatable bonds is 7. The molecule has 4 nitrogen and oxygen atoms in total. The number of carbonyl (C=O) groups is 1. The molecule has 5 heteroatoms. The SMILES string of the molecule is CCOc1ccc(NC(=O)C[NH+](C)Cc2cccc(F)c2)cc1. The van der Waals surface area contributed by atoms with Crippen molar-refractivity contribution in [2.45, 2.75) is 13.5 Å². The Balaban J connectivity index is 1.83. The number of hydrogen-bond acceptors (Lipinski definition) is 2. The second-order valence-corrected chi connectivity index (χ2v) is 5.45. The molecule has 0 radical (unpaired) electrons. The lowest BCUT2D eigenvalue weighted by atomic mass is 10.2. The molecule has 0 aliphatic rings. The molecule has 2 aromatic rings. The summed E-state index contributed by atoms with van der Waals surface area (Å²) in [5.74, 6) is 0.441. The summed E-state index contributed by atoms with van der Waals surface area (Å²) >= 11 is 0. The van der Waals surface area contributed by atoms with Crippen LogP contribution < -0.4 is 15.0 Å². The average molecular weight is 317 g/mol. The summed E-state index contributed by atoms with van der Waals surface area (Å²) in [4.78, 5) is 13.0. The summed E-state index contributed by atoms with van der Waals surface area (Å²) in [6, 6.07) is 13.7. The van der Waals surface area contributed by atoms with E-state index < -0.39 is 0 Å². The molecule has 1 atom stereocenters. The molecule has 0 saturated carbocycles. The van der Waals surface area contributed by atoms with Crippen LogP contribution in [0.5, 0.6) is 5.75 Å². The Morgan fingerprint density at radius 2 is 1.96 bits per heavy atom. The van der Waals surface area contributed by atoms with Gasteiger partial charge in [-0.25, -0.2) is 4.39 Å². The topological polar surface area (TPSA) is 42.8 Å². The van der Waals surface area contributed by atoms with E-state index >= 15 is 0 Å². The van der Waals surface area contributed by atoms with Gasteiger partial charge in [-0.1, -0.05) is 12.1 Å². The van der Waals surface area contributed by atoms with Crippen molar-refractivity contribution in [3.05, 3.63) is 59.9 Å². The Bertz CT molecular complexity index is 644. The first-order valence-corrected chi connectivity index (χ1v) is 7.65. The Morgan fingerprint density at radius 1 is 1.22 bits per heavy atom. The van der Waals surface area contributed by atoms with Crippen LogP contribution in [0.2, 0.25) is 0 Å². The molecule has 0 heterocycles. The van der Waals surface area contributed by atoms with E-state index in [0.29, 0.717) is 19.7 Å². The van der Waals surface area contributed by atoms with E-state index in [1.54, 1.807) is 6.07 Å². The number of halogens is 1. The van der Waals surface area contributed by atoms with E-state index in [9.17, 15) is 9.18 Å². The van der Waals surface area contributed by atoms with Crippen molar-refractivity contribution in [3.8, 4) is 5.75 Å². The second kappa shape index (κ2) is 8.29. The molecule has 0 aromatic heterocycles. The van der Waals surface area contributed by atoms with Gasteiger partial charge in [-0.15, -0.1) is 0 Å². The summed E-state index contributed by atoms with van der Waals surface area (Å²) in [6.45, 7) is 3.44. The van der Waals surface area contributed by atoms with Gasteiger partial charge in [-0.2, -0.15) is 0 Å². The highest BCUT2D eigenvalue weighted by Gasteiger charge is 2.11. The minimum atomic E-state index is -0.255. The first-order valence-electron chi connectivity index (χ1n) is 7.65. The highest BCUT2D eigenvalue weighted by molar-refractivity contribution is 5.91. The number of nitrogens with one attached hydrogen (secondary N) is 2. The number of ether oxygens (including phenoxy) is 1. The molecule has 1 amide bonds. The molecule has 2 rings (SSSR count). The second-order valence-electron chi connectivity index (χ2n) is 5.45. The Kier molecular flexibility index (Phi) is 6.11. The highest BCUT2D eigenvalue weighted by Crippen LogP contribution is 2.15. The normalized spacial score (nSPS) is 11.8. The van der Waals surface area contributed by atoms with Crippen molar-refractivity contribution < 1.29 is 18.8 Å². The predicted molar refractivity (Wildman–Crippen MR) is 88.1 cm³/mol. The summed E-state index contributed by atoms with van der Waals surface area (Å²) < 4.78 is 18.5. The van der Waals surface area contributed by atoms with Gasteiger partial charge < -0.3 is 15.0 Å². The number of benzene rings is 2. The summed E-state index contributed by atoms with van der Waals surface area (Å²) in [7, 11) is 1.91. The summed E-state index contributed by atoms with van der Waals surface area (Å²) in [6.07, 6.45) is 0. The monoisotopic (exact) mass is 317 g/mol. The molecule has 1 unspecified atom stereocenters. The number of amides is 1. The first-order chi connectivity index (χ1) is 11.1. The molecular formula is C18H22FN2O2+. The average Bonchev–Trinajstić information content (AvgIpc) is 2.49. The van der Waals surface area contributed by atoms with Crippen LogP contribution >= 0.6 is 0 Å². The van der Waals surface area contributed by atoms with Gasteiger partial charge in [0.15, 0.2) is 6.54 Å². The van der Waals surface area contributed by atoms with Crippen molar-refractivity contribution in [3.63, 3.8) is 0 Å². The van der Waals surface area contributed by atoms with Crippen LogP contribution in [0.25, 0.3) is 0 Å². The minimum absolute atomic E-state index is 0.0805. The maximum Gasteiger partial charge on any atom is 0.279 e. The van der Waals surface area contributed by atoms with Crippen LogP contribution in [-0.4, -0.2) is 26.1 Å². The van der Waals surface area contributed by atoms with Crippen molar-refractivity contribution in [1.82, 2.24) is 0 Å². The molecule has 0 aliphatic heterocycles. The number of anilines is 1. The molecule has 122 valence electrons. The van der Waals surface area contributed by atoms with E-state index in [0.717, 1.165) is 21.9 Å². The highest BCUT2D eigenvalue weighted by atomic mass is 19.1. The predicted octanol–water partition coefficient (Wildman–Crippen LogP) is 1.88. The smallest absolute Gasteiger partial charge is 0.279 e. The summed E-state index contributed by atoms with van der Waals surface area (Å²) in [5.41, 5.74) is 1.60. The third kappa shape index (κ3) is 5.71. The zero-order valence-corrected chi connectivity index (χ0v) is 13.4. The number of quaternary nitrogens is 1. The van der Waals surface area contributed by atoms with Crippen LogP contribution in [-0.2, 0) is 11.3 Å². The number of likely N-dealkylation sites (N-methyl/N-ethyl adjacent to an activating group) is 1. The molecule has 0 saturated heterocycles. The quantitative estimate of drug-likeness (QED) is 0.819. The molecule has 0 spiro atoms. The van der Waals surface area contributed by atoms with E-state index in [2.05, 4.69) is 5.32 Å². The largest absolute Gasteiger partial charge is 0.494 e. The molecule has 23 heavy (non-hydrogen) atoms. The van der Waals surface area contributed by atoms with Crippen molar-refractivity contribution in [2.24, 2.45) is 0 Å². The lowest BCUT2D eigenvalue weighted by Crippen LogP contribution is -3.08. The zero-order chi connectivity index (χ0) is 16.7. The minimum Gasteiger partial charge on any atom is -0.494 e. The van der Waals surface area contributed by atoms with Gasteiger partial charge in [0.05, 0.1) is 13.7 Å². The van der Waals surface area contributed by atoms with Gasteiger partial charge in [-0.3, -0.25) is 4.79 Å². The lowest BCUT2D eigenvalue weighted by Gasteiger charge is -2.14. The van der Waals surface area contributed by atoms with Gasteiger partial charge in [0.25, 0.3) is 5.91 Å². The Hall–Kier alpha value is -2.40. The van der Waals surface area contributed by atoms with E-state index in [1.165, 1.54) is 12.1 Å². The zero-order valence-electron chi connectivity index (χ0n) is 13.4. The molecule has 0 aliphatic carbocycles. The molecular weight excluding hydrogens is 295 g/mol. The Morgan fingerprint density at radius 3 is 2.61 bits per heavy atom. The molecule has 2 aromatic carbocycles. The Labute approximate surface area is 135 Å². The third-order valence-electron chi connectivity index (χ3n) is 3.31. The van der Waals surface area contributed by atoms with Crippen LogP contribution in [0, 0.1) is 5.82 Å². The lowest BCUT2D eigenvalue weighted by molar-refractivity contribution is -0.885. The van der Waals surface area contributed by atoms with E-state index in [1.807, 2.05) is 44.3 Å². The van der Waals surface area contributed by atoms with Gasteiger partial charge in [-0.05, 0) is 43.3 Å². The molecule has 0 bridgehead atoms. The fourth-order valence-corrected chi connectivity index (χ4v) is 2.34. The standard InChI is InChI=1S/C18H21FN2O2/c1-3-23-17-9-7-16(8-10-17)20-18(22)13-21(2)12-14-5-4-6-15(19)11-14/h4-11H,3,12-13H2,1-2H3,(H,20,22)/p+1. The fraction of sp³-hybridized carbons (Fsp3) is 0.278. The first kappa shape index (κ1) is 17.0. The van der Waals surface area contributed by atoms with Crippen LogP contribution in [0.3, 0.4) is 0 Å². The van der Waals surface area contributed by atoms with Crippen molar-refractivity contribution in [1.29, 1.82) is 0 Å². The van der Waals surface area contributed by atoms with Gasteiger partial charge in [0, 0.05) is 11.3 Å². The van der Waals surface area contributed by atoms with Gasteiger partial charge >= 0.3 is 0 Å². The number of carbonyl (C=O) groups excluding carboxylic acids is 1. The van der Waals surface area contributed by atoms with Crippen LogP contribution in [0.1, 0.15) is 12.5 Å². The van der Waals surface area contributed by atoms with Crippen molar-refractivity contribution in [2.75, 3.05) is 25.5 Å². The fourth-order valence-electron chi connectivity index (χ4n) is 2.34. The van der Waals surface area contributed by atoms with Gasteiger partial charge in [0.2, 0.25) is 0 Å². The molecule has 2 N–H and O–H groups in total. The van der Waals surface area contributed by atoms with E-state index in [-0.39, 0.29) is 11.7 Å². The van der Waals surface area contributed by atoms with E-state index in [4.69, 9.17) is 4.74 Å². The summed E-state index contributed by atoms with van der Waals surface area (Å²) in [5, 5.41) is 2.85. The molecule has 0 fully saturated rings. The maximum atomic E-state index is 13.2. The maximum absolute atomic E-state index is 13.2. The third-order valence-corrected chi connectivity index (χ3v) is 3.31. The van der Waals surface area contributed by atoms with Crippen LogP contribution in [0.15, 0.2) is 48.5 Å². The number of hydrogen-bond donors (Lipinski definition) is 2. The van der Waals surface area contributed by atoms with Crippen molar-refractivity contribution >= 4 is 11.6 Å². The van der Waals surface area contributed by atoms with Gasteiger partial charge in [0.1, 0.15) is 18.1 Å². The van der Waals surface area contributed by atoms with Crippen LogP contribution in [0.4, 0.5) is 10.1 Å².